The van der Waals surface area contributed by atoms with Crippen LogP contribution in [0.1, 0.15) is 11.1 Å². The molecule has 5 heteroatoms. The number of methoxy groups -OCH3 is 1. The third-order valence-corrected chi connectivity index (χ3v) is 4.77. The van der Waals surface area contributed by atoms with Crippen molar-refractivity contribution in [1.82, 2.24) is 5.32 Å². The predicted molar refractivity (Wildman–Crippen MR) is 103 cm³/mol. The second-order valence-electron chi connectivity index (χ2n) is 6.25. The van der Waals surface area contributed by atoms with Crippen molar-refractivity contribution in [2.24, 2.45) is 0 Å². The summed E-state index contributed by atoms with van der Waals surface area (Å²) in [5, 5.41) is 2.93. The van der Waals surface area contributed by atoms with E-state index in [9.17, 15) is 9.59 Å². The molecule has 3 aromatic rings. The van der Waals surface area contributed by atoms with Crippen LogP contribution in [0.2, 0.25) is 0 Å². The van der Waals surface area contributed by atoms with Gasteiger partial charge >= 0.3 is 6.03 Å². The Morgan fingerprint density at radius 2 is 1.33 bits per heavy atom. The van der Waals surface area contributed by atoms with Gasteiger partial charge in [0.1, 0.15) is 5.75 Å². The third kappa shape index (κ3) is 2.64. The number of ether oxygens (including phenoxy) is 1. The Morgan fingerprint density at radius 1 is 0.778 bits per heavy atom. The van der Waals surface area contributed by atoms with Crippen LogP contribution in [0.4, 0.5) is 10.5 Å². The van der Waals surface area contributed by atoms with Crippen molar-refractivity contribution in [3.8, 4) is 5.75 Å². The maximum Gasteiger partial charge on any atom is 0.330 e. The van der Waals surface area contributed by atoms with E-state index in [-0.39, 0.29) is 5.91 Å². The van der Waals surface area contributed by atoms with E-state index in [2.05, 4.69) is 5.32 Å². The van der Waals surface area contributed by atoms with Crippen molar-refractivity contribution in [3.05, 3.63) is 96.1 Å². The minimum atomic E-state index is -1.29. The molecule has 0 aromatic heterocycles. The van der Waals surface area contributed by atoms with E-state index in [1.165, 1.54) is 4.90 Å². The van der Waals surface area contributed by atoms with Crippen LogP contribution in [0.5, 0.6) is 5.75 Å². The van der Waals surface area contributed by atoms with Crippen molar-refractivity contribution >= 4 is 17.6 Å². The van der Waals surface area contributed by atoms with Crippen molar-refractivity contribution in [1.29, 1.82) is 0 Å². The number of urea groups is 1. The number of amides is 3. The molecule has 0 saturated carbocycles. The molecule has 1 atom stereocenters. The molecule has 1 saturated heterocycles. The van der Waals surface area contributed by atoms with E-state index in [1.54, 1.807) is 55.6 Å². The zero-order valence-electron chi connectivity index (χ0n) is 14.8. The zero-order valence-corrected chi connectivity index (χ0v) is 14.8. The number of nitrogens with zero attached hydrogens (tertiary/aromatic N) is 1. The van der Waals surface area contributed by atoms with Crippen molar-refractivity contribution in [3.63, 3.8) is 0 Å². The van der Waals surface area contributed by atoms with Gasteiger partial charge in [-0.1, -0.05) is 60.7 Å². The van der Waals surface area contributed by atoms with Crippen LogP contribution in [-0.4, -0.2) is 19.0 Å². The molecule has 27 heavy (non-hydrogen) atoms. The summed E-state index contributed by atoms with van der Waals surface area (Å²) in [4.78, 5) is 27.6. The van der Waals surface area contributed by atoms with Crippen molar-refractivity contribution in [2.45, 2.75) is 5.54 Å². The number of carbonyl (C=O) groups excluding carboxylic acids is 2. The van der Waals surface area contributed by atoms with Gasteiger partial charge in [-0.2, -0.15) is 0 Å². The molecule has 0 bridgehead atoms. The van der Waals surface area contributed by atoms with Gasteiger partial charge in [-0.05, 0) is 35.4 Å². The van der Waals surface area contributed by atoms with Crippen LogP contribution in [0, 0.1) is 0 Å². The molecular weight excluding hydrogens is 340 g/mol. The SMILES string of the molecule is COc1ccc([C@]2(c3ccccc3)NC(=O)N(c3ccccc3)C2=O)cc1. The highest BCUT2D eigenvalue weighted by atomic mass is 16.5. The van der Waals surface area contributed by atoms with Gasteiger partial charge in [0.25, 0.3) is 5.91 Å². The Labute approximate surface area is 157 Å². The summed E-state index contributed by atoms with van der Waals surface area (Å²) in [6, 6.07) is 24.9. The standard InChI is InChI=1S/C22H18N2O3/c1-27-19-14-12-17(13-15-19)22(16-8-4-2-5-9-16)20(25)24(21(26)23-22)18-10-6-3-7-11-18/h2-15H,1H3,(H,23,26)/t22-/m0/s1. The average Bonchev–Trinajstić information content (AvgIpc) is 3.00. The monoisotopic (exact) mass is 358 g/mol. The normalized spacial score (nSPS) is 19.1. The van der Waals surface area contributed by atoms with Crippen LogP contribution >= 0.6 is 0 Å². The predicted octanol–water partition coefficient (Wildman–Crippen LogP) is 3.70. The van der Waals surface area contributed by atoms with E-state index in [0.717, 1.165) is 0 Å². The smallest absolute Gasteiger partial charge is 0.330 e. The first kappa shape index (κ1) is 16.8. The first-order valence-electron chi connectivity index (χ1n) is 8.58. The topological polar surface area (TPSA) is 58.6 Å². The minimum absolute atomic E-state index is 0.338. The number of benzene rings is 3. The fraction of sp³-hybridized carbons (Fsp3) is 0.0909. The number of para-hydroxylation sites is 1. The number of hydrogen-bond donors (Lipinski definition) is 1. The minimum Gasteiger partial charge on any atom is -0.497 e. The molecule has 134 valence electrons. The van der Waals surface area contributed by atoms with Gasteiger partial charge in [-0.15, -0.1) is 0 Å². The Morgan fingerprint density at radius 3 is 1.93 bits per heavy atom. The molecule has 1 heterocycles. The summed E-state index contributed by atoms with van der Waals surface area (Å²) in [6.45, 7) is 0. The van der Waals surface area contributed by atoms with E-state index < -0.39 is 11.6 Å². The number of hydrogen-bond acceptors (Lipinski definition) is 3. The second kappa shape index (κ2) is 6.61. The van der Waals surface area contributed by atoms with Crippen LogP contribution in [0.25, 0.3) is 0 Å². The van der Waals surface area contributed by atoms with Crippen LogP contribution in [-0.2, 0) is 10.3 Å². The zero-order chi connectivity index (χ0) is 18.9. The molecule has 1 N–H and O–H groups in total. The van der Waals surface area contributed by atoms with E-state index in [0.29, 0.717) is 22.6 Å². The summed E-state index contributed by atoms with van der Waals surface area (Å²) in [6.07, 6.45) is 0. The van der Waals surface area contributed by atoms with Gasteiger partial charge in [-0.3, -0.25) is 4.79 Å². The quantitative estimate of drug-likeness (QED) is 0.724. The van der Waals surface area contributed by atoms with Crippen LogP contribution < -0.4 is 15.0 Å². The average molecular weight is 358 g/mol. The molecule has 1 aliphatic heterocycles. The van der Waals surface area contributed by atoms with Gasteiger partial charge in [0, 0.05) is 0 Å². The second-order valence-corrected chi connectivity index (χ2v) is 6.25. The lowest BCUT2D eigenvalue weighted by Crippen LogP contribution is -2.45. The van der Waals surface area contributed by atoms with Crippen molar-refractivity contribution in [2.75, 3.05) is 12.0 Å². The summed E-state index contributed by atoms with van der Waals surface area (Å²) < 4.78 is 5.23. The number of carbonyl (C=O) groups is 2. The molecule has 3 amide bonds. The first-order chi connectivity index (χ1) is 13.2. The number of imide groups is 1. The largest absolute Gasteiger partial charge is 0.497 e. The maximum absolute atomic E-state index is 13.6. The highest BCUT2D eigenvalue weighted by Gasteiger charge is 2.54. The molecule has 3 aromatic carbocycles. The summed E-state index contributed by atoms with van der Waals surface area (Å²) in [5.41, 5.74) is 0.616. The fourth-order valence-corrected chi connectivity index (χ4v) is 3.43. The van der Waals surface area contributed by atoms with Crippen LogP contribution in [0.3, 0.4) is 0 Å². The Bertz CT molecular complexity index is 971. The van der Waals surface area contributed by atoms with Gasteiger partial charge in [0.2, 0.25) is 0 Å². The summed E-state index contributed by atoms with van der Waals surface area (Å²) in [7, 11) is 1.58. The number of nitrogens with one attached hydrogen (secondary N) is 1. The number of anilines is 1. The summed E-state index contributed by atoms with van der Waals surface area (Å²) >= 11 is 0. The van der Waals surface area contributed by atoms with Gasteiger partial charge in [-0.25, -0.2) is 9.69 Å². The van der Waals surface area contributed by atoms with E-state index in [4.69, 9.17) is 4.74 Å². The lowest BCUT2D eigenvalue weighted by Gasteiger charge is -2.28. The highest BCUT2D eigenvalue weighted by Crippen LogP contribution is 2.38. The Balaban J connectivity index is 1.89. The molecule has 0 radical (unpaired) electrons. The molecule has 5 nitrogen and oxygen atoms in total. The van der Waals surface area contributed by atoms with Crippen LogP contribution in [0.15, 0.2) is 84.9 Å². The molecule has 0 spiro atoms. The number of rotatable bonds is 4. The molecule has 4 rings (SSSR count). The molecule has 0 aliphatic carbocycles. The molecular formula is C22H18N2O3. The van der Waals surface area contributed by atoms with E-state index >= 15 is 0 Å². The molecule has 1 aliphatic rings. The maximum atomic E-state index is 13.6. The third-order valence-electron chi connectivity index (χ3n) is 4.77. The first-order valence-corrected chi connectivity index (χ1v) is 8.58. The Kier molecular flexibility index (Phi) is 4.12. The van der Waals surface area contributed by atoms with E-state index in [1.807, 2.05) is 36.4 Å². The fourth-order valence-electron chi connectivity index (χ4n) is 3.43. The highest BCUT2D eigenvalue weighted by molar-refractivity contribution is 6.24. The molecule has 1 fully saturated rings. The lowest BCUT2D eigenvalue weighted by molar-refractivity contribution is -0.121. The molecule has 0 unspecified atom stereocenters. The summed E-state index contributed by atoms with van der Waals surface area (Å²) in [5.74, 6) is 0.341. The van der Waals surface area contributed by atoms with Crippen molar-refractivity contribution < 1.29 is 14.3 Å². The lowest BCUT2D eigenvalue weighted by atomic mass is 9.82. The van der Waals surface area contributed by atoms with Gasteiger partial charge in [0.05, 0.1) is 12.8 Å². The van der Waals surface area contributed by atoms with Gasteiger partial charge in [0.15, 0.2) is 5.54 Å². The Hall–Kier alpha value is -3.60. The van der Waals surface area contributed by atoms with Gasteiger partial charge < -0.3 is 10.1 Å².